The minimum atomic E-state index is -1.12. The summed E-state index contributed by atoms with van der Waals surface area (Å²) in [5.74, 6) is -0.799. The Morgan fingerprint density at radius 2 is 1.62 bits per heavy atom. The molecule has 10 heteroatoms. The Morgan fingerprint density at radius 3 is 2.29 bits per heavy atom. The molecule has 0 fully saturated rings. The van der Waals surface area contributed by atoms with Crippen molar-refractivity contribution in [1.82, 2.24) is 15.2 Å². The van der Waals surface area contributed by atoms with E-state index in [2.05, 4.69) is 10.6 Å². The second kappa shape index (κ2) is 13.8. The number of anilines is 1. The van der Waals surface area contributed by atoms with Crippen LogP contribution in [0.4, 0.5) is 5.69 Å². The van der Waals surface area contributed by atoms with Gasteiger partial charge in [-0.1, -0.05) is 28.7 Å². The van der Waals surface area contributed by atoms with Crippen molar-refractivity contribution in [3.05, 3.63) is 71.1 Å². The average Bonchev–Trinajstić information content (AvgIpc) is 2.98. The maximum Gasteiger partial charge on any atom is 0.336 e. The summed E-state index contributed by atoms with van der Waals surface area (Å²) in [6.45, 7) is 1.07. The van der Waals surface area contributed by atoms with E-state index in [0.29, 0.717) is 34.4 Å². The van der Waals surface area contributed by atoms with Gasteiger partial charge in [-0.2, -0.15) is 0 Å². The third kappa shape index (κ3) is 7.10. The lowest BCUT2D eigenvalue weighted by molar-refractivity contribution is -0.118. The number of halogens is 1. The average molecular weight is 684 g/mol. The Bertz CT molecular complexity index is 1670. The predicted octanol–water partition coefficient (Wildman–Crippen LogP) is 4.45. The standard InChI is InChI=1S/C32H35IN4O5/c1-36(2)21-9-12-24-27(17-21)42-28-18-22(37(3)4)10-13-25(28)30(24)23-11-8-20(16-26(23)32(40)41)31(39)35-15-7-5-6-14-34-29(38)19-33/h8-13,16-18H,5-7,14-15,19H2,1-4H3,(H2-,34,35,38,39,40,41)/p+1. The van der Waals surface area contributed by atoms with Gasteiger partial charge in [0.25, 0.3) is 5.91 Å². The van der Waals surface area contributed by atoms with E-state index in [9.17, 15) is 19.5 Å². The number of carbonyl (C=O) groups excluding carboxylic acids is 2. The zero-order valence-electron chi connectivity index (χ0n) is 24.3. The van der Waals surface area contributed by atoms with Gasteiger partial charge in [0.2, 0.25) is 11.3 Å². The van der Waals surface area contributed by atoms with Crippen LogP contribution in [0.2, 0.25) is 0 Å². The number of aromatic carboxylic acids is 1. The second-order valence-corrected chi connectivity index (χ2v) is 11.3. The molecular weight excluding hydrogens is 647 g/mol. The Labute approximate surface area is 258 Å². The van der Waals surface area contributed by atoms with Gasteiger partial charge in [-0.15, -0.1) is 0 Å². The summed E-state index contributed by atoms with van der Waals surface area (Å²) in [5.41, 5.74) is 3.93. The maximum atomic E-state index is 12.9. The first-order valence-corrected chi connectivity index (χ1v) is 15.3. The van der Waals surface area contributed by atoms with Crippen LogP contribution in [0.1, 0.15) is 40.0 Å². The van der Waals surface area contributed by atoms with E-state index >= 15 is 0 Å². The van der Waals surface area contributed by atoms with E-state index in [-0.39, 0.29) is 22.9 Å². The summed E-state index contributed by atoms with van der Waals surface area (Å²) in [5, 5.41) is 17.7. The molecule has 1 aliphatic carbocycles. The Hall–Kier alpha value is -3.93. The molecule has 0 bridgehead atoms. The van der Waals surface area contributed by atoms with Gasteiger partial charge in [-0.3, -0.25) is 9.59 Å². The van der Waals surface area contributed by atoms with Crippen molar-refractivity contribution < 1.29 is 23.9 Å². The lowest BCUT2D eigenvalue weighted by atomic mass is 9.89. The monoisotopic (exact) mass is 683 g/mol. The van der Waals surface area contributed by atoms with Gasteiger partial charge in [0.1, 0.15) is 25.4 Å². The molecule has 0 saturated heterocycles. The number of hydrogen-bond donors (Lipinski definition) is 3. The van der Waals surface area contributed by atoms with Crippen molar-refractivity contribution in [3.63, 3.8) is 0 Å². The van der Waals surface area contributed by atoms with Crippen molar-refractivity contribution >= 4 is 57.0 Å². The maximum absolute atomic E-state index is 12.9. The van der Waals surface area contributed by atoms with E-state index in [4.69, 9.17) is 4.42 Å². The number of nitrogens with zero attached hydrogens (tertiary/aromatic N) is 2. The first-order valence-electron chi connectivity index (χ1n) is 13.8. The highest BCUT2D eigenvalue weighted by molar-refractivity contribution is 14.1. The van der Waals surface area contributed by atoms with Crippen LogP contribution in [0.5, 0.6) is 0 Å². The topological polar surface area (TPSA) is 115 Å². The van der Waals surface area contributed by atoms with Crippen LogP contribution in [0.3, 0.4) is 0 Å². The SMILES string of the molecule is CN(C)c1ccc2c(-c3ccc(C(=O)NCCCCCNC(=O)CI)cc3C(=O)O)c3ccc(=[N+](C)C)cc-3oc2c1. The van der Waals surface area contributed by atoms with Gasteiger partial charge >= 0.3 is 5.97 Å². The lowest BCUT2D eigenvalue weighted by Gasteiger charge is -2.19. The fourth-order valence-corrected chi connectivity index (χ4v) is 5.07. The molecule has 2 amide bonds. The summed E-state index contributed by atoms with van der Waals surface area (Å²) >= 11 is 2.02. The fourth-order valence-electron chi connectivity index (χ4n) is 4.80. The molecule has 0 saturated carbocycles. The zero-order valence-corrected chi connectivity index (χ0v) is 26.4. The zero-order chi connectivity index (χ0) is 30.4. The summed E-state index contributed by atoms with van der Waals surface area (Å²) in [4.78, 5) is 38.8. The minimum Gasteiger partial charge on any atom is -0.478 e. The highest BCUT2D eigenvalue weighted by Gasteiger charge is 2.23. The molecule has 2 aromatic carbocycles. The highest BCUT2D eigenvalue weighted by atomic mass is 127. The predicted molar refractivity (Wildman–Crippen MR) is 175 cm³/mol. The van der Waals surface area contributed by atoms with E-state index in [1.54, 1.807) is 12.1 Å². The third-order valence-corrected chi connectivity index (χ3v) is 7.78. The Morgan fingerprint density at radius 1 is 0.905 bits per heavy atom. The van der Waals surface area contributed by atoms with Crippen molar-refractivity contribution in [3.8, 4) is 22.5 Å². The Kier molecular flexibility index (Phi) is 10.2. The van der Waals surface area contributed by atoms with Gasteiger partial charge < -0.3 is 25.1 Å². The first-order chi connectivity index (χ1) is 20.1. The summed E-state index contributed by atoms with van der Waals surface area (Å²) in [6.07, 6.45) is 2.43. The Balaban J connectivity index is 1.68. The first kappa shape index (κ1) is 31.0. The molecule has 0 aromatic heterocycles. The molecular formula is C32H36IN4O5+. The number of carboxylic acid groups (broad SMARTS) is 1. The summed E-state index contributed by atoms with van der Waals surface area (Å²) in [7, 11) is 7.80. The molecule has 0 spiro atoms. The smallest absolute Gasteiger partial charge is 0.336 e. The molecule has 42 heavy (non-hydrogen) atoms. The van der Waals surface area contributed by atoms with Crippen molar-refractivity contribution in [1.29, 1.82) is 0 Å². The van der Waals surface area contributed by atoms with Gasteiger partial charge in [-0.05, 0) is 55.2 Å². The number of benzene rings is 3. The number of carbonyl (C=O) groups is 3. The van der Waals surface area contributed by atoms with Gasteiger partial charge in [0, 0.05) is 67.1 Å². The van der Waals surface area contributed by atoms with E-state index in [1.165, 1.54) is 6.07 Å². The van der Waals surface area contributed by atoms with Crippen LogP contribution >= 0.6 is 22.6 Å². The van der Waals surface area contributed by atoms with E-state index < -0.39 is 5.97 Å². The molecule has 0 radical (unpaired) electrons. The number of alkyl halides is 1. The van der Waals surface area contributed by atoms with Crippen LogP contribution in [0.15, 0.2) is 59.0 Å². The van der Waals surface area contributed by atoms with Crippen molar-refractivity contribution in [2.24, 2.45) is 0 Å². The van der Waals surface area contributed by atoms with Crippen molar-refractivity contribution in [2.45, 2.75) is 19.3 Å². The third-order valence-electron chi connectivity index (χ3n) is 7.09. The van der Waals surface area contributed by atoms with Crippen LogP contribution in [0.25, 0.3) is 33.4 Å². The normalized spacial score (nSPS) is 11.0. The van der Waals surface area contributed by atoms with E-state index in [1.807, 2.05) is 96.7 Å². The molecule has 0 atom stereocenters. The molecule has 1 aliphatic heterocycles. The summed E-state index contributed by atoms with van der Waals surface area (Å²) < 4.78 is 8.78. The van der Waals surface area contributed by atoms with Crippen LogP contribution in [0, 0.1) is 0 Å². The number of unbranched alkanes of at least 4 members (excludes halogenated alkanes) is 2. The number of fused-ring (bicyclic) bond motifs is 2. The van der Waals surface area contributed by atoms with Crippen LogP contribution < -0.4 is 25.5 Å². The number of carboxylic acids is 1. The molecule has 9 nitrogen and oxygen atoms in total. The molecule has 1 heterocycles. The number of hydrogen-bond acceptors (Lipinski definition) is 5. The molecule has 3 N–H and O–H groups in total. The largest absolute Gasteiger partial charge is 0.478 e. The molecule has 2 aromatic rings. The quantitative estimate of drug-likeness (QED) is 0.0708. The lowest BCUT2D eigenvalue weighted by Crippen LogP contribution is -2.26. The van der Waals surface area contributed by atoms with Crippen molar-refractivity contribution in [2.75, 3.05) is 50.6 Å². The highest BCUT2D eigenvalue weighted by Crippen LogP contribution is 2.42. The molecule has 0 unspecified atom stereocenters. The molecule has 220 valence electrons. The second-order valence-electron chi connectivity index (χ2n) is 10.5. The van der Waals surface area contributed by atoms with Crippen LogP contribution in [-0.2, 0) is 4.79 Å². The van der Waals surface area contributed by atoms with Crippen LogP contribution in [-0.4, -0.2) is 68.6 Å². The van der Waals surface area contributed by atoms with Gasteiger partial charge in [-0.25, -0.2) is 9.37 Å². The number of amides is 2. The minimum absolute atomic E-state index is 0.0177. The molecule has 4 rings (SSSR count). The number of nitrogens with one attached hydrogen (secondary N) is 2. The number of rotatable bonds is 11. The van der Waals surface area contributed by atoms with E-state index in [0.717, 1.165) is 46.8 Å². The van der Waals surface area contributed by atoms with Gasteiger partial charge in [0.15, 0.2) is 0 Å². The fraction of sp³-hybridized carbons (Fsp3) is 0.312. The molecule has 2 aliphatic rings. The van der Waals surface area contributed by atoms with Gasteiger partial charge in [0.05, 0.1) is 16.1 Å². The summed E-state index contributed by atoms with van der Waals surface area (Å²) in [6, 6.07) is 16.5.